The Bertz CT molecular complexity index is 243. The lowest BCUT2D eigenvalue weighted by Crippen LogP contribution is -2.39. The minimum atomic E-state index is 0.109. The first-order valence-corrected chi connectivity index (χ1v) is 7.98. The maximum atomic E-state index is 6.05. The molecular weight excluding hydrogens is 222 g/mol. The van der Waals surface area contributed by atoms with Gasteiger partial charge >= 0.3 is 0 Å². The molecule has 2 heteroatoms. The summed E-state index contributed by atoms with van der Waals surface area (Å²) in [7, 11) is 0. The van der Waals surface area contributed by atoms with Crippen LogP contribution in [0, 0.1) is 5.92 Å². The summed E-state index contributed by atoms with van der Waals surface area (Å²) >= 11 is 0. The van der Waals surface area contributed by atoms with Crippen molar-refractivity contribution in [1.82, 2.24) is 5.32 Å². The number of nitrogens with one attached hydrogen (secondary N) is 1. The maximum Gasteiger partial charge on any atom is 0.0707 e. The first kappa shape index (κ1) is 14.3. The van der Waals surface area contributed by atoms with Crippen molar-refractivity contribution in [3.05, 3.63) is 0 Å². The van der Waals surface area contributed by atoms with Crippen molar-refractivity contribution in [3.63, 3.8) is 0 Å². The minimum absolute atomic E-state index is 0.109. The molecule has 2 fully saturated rings. The second-order valence-corrected chi connectivity index (χ2v) is 6.99. The molecular formula is C16H31NO. The van der Waals surface area contributed by atoms with Gasteiger partial charge in [-0.3, -0.25) is 0 Å². The Morgan fingerprint density at radius 3 is 2.33 bits per heavy atom. The summed E-state index contributed by atoms with van der Waals surface area (Å²) in [5.74, 6) is 0.891. The fraction of sp³-hybridized carbons (Fsp3) is 1.00. The number of hydrogen-bond donors (Lipinski definition) is 1. The molecule has 1 aliphatic carbocycles. The highest BCUT2D eigenvalue weighted by molar-refractivity contribution is 4.83. The molecule has 2 nitrogen and oxygen atoms in total. The first-order chi connectivity index (χ1) is 8.57. The van der Waals surface area contributed by atoms with E-state index in [1.54, 1.807) is 0 Å². The topological polar surface area (TPSA) is 21.3 Å². The normalized spacial score (nSPS) is 31.2. The van der Waals surface area contributed by atoms with E-state index >= 15 is 0 Å². The Kier molecular flexibility index (Phi) is 5.08. The Hall–Kier alpha value is -0.0800. The van der Waals surface area contributed by atoms with Gasteiger partial charge in [0.05, 0.1) is 11.7 Å². The zero-order chi connectivity index (χ0) is 13.0. The van der Waals surface area contributed by atoms with Gasteiger partial charge in [-0.2, -0.15) is 0 Å². The molecule has 1 unspecified atom stereocenters. The fourth-order valence-electron chi connectivity index (χ4n) is 3.52. The van der Waals surface area contributed by atoms with Crippen molar-refractivity contribution in [2.75, 3.05) is 6.54 Å². The van der Waals surface area contributed by atoms with E-state index in [4.69, 9.17) is 4.74 Å². The van der Waals surface area contributed by atoms with Gasteiger partial charge in [-0.1, -0.05) is 25.7 Å². The van der Waals surface area contributed by atoms with E-state index in [2.05, 4.69) is 26.1 Å². The lowest BCUT2D eigenvalue weighted by Gasteiger charge is -2.26. The van der Waals surface area contributed by atoms with Crippen LogP contribution in [0.3, 0.4) is 0 Å². The molecule has 0 aromatic carbocycles. The Morgan fingerprint density at radius 1 is 1.11 bits per heavy atom. The predicted molar refractivity (Wildman–Crippen MR) is 76.8 cm³/mol. The highest BCUT2D eigenvalue weighted by Gasteiger charge is 2.31. The lowest BCUT2D eigenvalue weighted by molar-refractivity contribution is -0.0156. The van der Waals surface area contributed by atoms with E-state index in [0.717, 1.165) is 12.5 Å². The molecule has 18 heavy (non-hydrogen) atoms. The van der Waals surface area contributed by atoms with Gasteiger partial charge in [0.1, 0.15) is 0 Å². The molecule has 2 atom stereocenters. The van der Waals surface area contributed by atoms with Gasteiger partial charge in [0, 0.05) is 12.6 Å². The van der Waals surface area contributed by atoms with Crippen LogP contribution in [0.5, 0.6) is 0 Å². The van der Waals surface area contributed by atoms with Crippen LogP contribution >= 0.6 is 0 Å². The Labute approximate surface area is 113 Å². The molecule has 0 amide bonds. The first-order valence-electron chi connectivity index (χ1n) is 7.98. The largest absolute Gasteiger partial charge is 0.371 e. The summed E-state index contributed by atoms with van der Waals surface area (Å²) in [4.78, 5) is 0. The van der Waals surface area contributed by atoms with Gasteiger partial charge in [0.2, 0.25) is 0 Å². The molecule has 0 radical (unpaired) electrons. The molecule has 2 aliphatic rings. The Morgan fingerprint density at radius 2 is 1.78 bits per heavy atom. The number of ether oxygens (including phenoxy) is 1. The van der Waals surface area contributed by atoms with Gasteiger partial charge in [-0.15, -0.1) is 0 Å². The summed E-state index contributed by atoms with van der Waals surface area (Å²) < 4.78 is 6.05. The number of rotatable bonds is 4. The summed E-state index contributed by atoms with van der Waals surface area (Å²) in [6.07, 6.45) is 11.5. The fourth-order valence-corrected chi connectivity index (χ4v) is 3.52. The zero-order valence-corrected chi connectivity index (χ0v) is 12.5. The van der Waals surface area contributed by atoms with E-state index in [1.807, 2.05) is 0 Å². The third-order valence-corrected chi connectivity index (χ3v) is 4.83. The predicted octanol–water partition coefficient (Wildman–Crippen LogP) is 3.89. The molecule has 1 saturated carbocycles. The van der Waals surface area contributed by atoms with Crippen LogP contribution in [0.15, 0.2) is 0 Å². The monoisotopic (exact) mass is 253 g/mol. The highest BCUT2D eigenvalue weighted by atomic mass is 16.5. The van der Waals surface area contributed by atoms with Crippen LogP contribution in [0.2, 0.25) is 0 Å². The van der Waals surface area contributed by atoms with Gasteiger partial charge < -0.3 is 10.1 Å². The molecule has 2 rings (SSSR count). The van der Waals surface area contributed by atoms with E-state index in [1.165, 1.54) is 51.4 Å². The smallest absolute Gasteiger partial charge is 0.0707 e. The van der Waals surface area contributed by atoms with Crippen molar-refractivity contribution < 1.29 is 4.74 Å². The van der Waals surface area contributed by atoms with Crippen molar-refractivity contribution in [1.29, 1.82) is 0 Å². The van der Waals surface area contributed by atoms with Crippen LogP contribution in [0.4, 0.5) is 0 Å². The van der Waals surface area contributed by atoms with Gasteiger partial charge in [0.15, 0.2) is 0 Å². The average molecular weight is 253 g/mol. The van der Waals surface area contributed by atoms with Gasteiger partial charge in [-0.05, 0) is 52.4 Å². The average Bonchev–Trinajstić information content (AvgIpc) is 2.57. The summed E-state index contributed by atoms with van der Waals surface area (Å²) in [6.45, 7) is 7.83. The van der Waals surface area contributed by atoms with Crippen LogP contribution < -0.4 is 5.32 Å². The highest BCUT2D eigenvalue weighted by Crippen LogP contribution is 2.29. The van der Waals surface area contributed by atoms with E-state index in [9.17, 15) is 0 Å². The van der Waals surface area contributed by atoms with E-state index in [-0.39, 0.29) is 5.60 Å². The quantitative estimate of drug-likeness (QED) is 0.767. The third kappa shape index (κ3) is 4.24. The van der Waals surface area contributed by atoms with Gasteiger partial charge in [-0.25, -0.2) is 0 Å². The van der Waals surface area contributed by atoms with Gasteiger partial charge in [0.25, 0.3) is 0 Å². The van der Waals surface area contributed by atoms with Crippen LogP contribution in [0.1, 0.15) is 72.1 Å². The van der Waals surface area contributed by atoms with Crippen molar-refractivity contribution in [3.8, 4) is 0 Å². The molecule has 0 aromatic heterocycles. The van der Waals surface area contributed by atoms with Crippen LogP contribution in [-0.2, 0) is 4.74 Å². The van der Waals surface area contributed by atoms with Crippen LogP contribution in [0.25, 0.3) is 0 Å². The second-order valence-electron chi connectivity index (χ2n) is 6.99. The molecule has 0 bridgehead atoms. The molecule has 1 saturated heterocycles. The molecule has 1 aliphatic heterocycles. The zero-order valence-electron chi connectivity index (χ0n) is 12.5. The lowest BCUT2D eigenvalue weighted by atomic mass is 9.93. The molecule has 1 N–H and O–H groups in total. The molecule has 1 heterocycles. The third-order valence-electron chi connectivity index (χ3n) is 4.83. The summed E-state index contributed by atoms with van der Waals surface area (Å²) in [6, 6.07) is 0.662. The number of hydrogen-bond acceptors (Lipinski definition) is 2. The van der Waals surface area contributed by atoms with Crippen molar-refractivity contribution in [2.45, 2.75) is 89.9 Å². The van der Waals surface area contributed by atoms with E-state index < -0.39 is 0 Å². The Balaban J connectivity index is 1.69. The SMILES string of the molecule is C[C@@H](NCC1CCC(C)(C)O1)C1CCCCCC1. The summed E-state index contributed by atoms with van der Waals surface area (Å²) in [5.41, 5.74) is 0.109. The van der Waals surface area contributed by atoms with E-state index in [0.29, 0.717) is 12.1 Å². The second kappa shape index (κ2) is 6.38. The minimum Gasteiger partial charge on any atom is -0.371 e. The maximum absolute atomic E-state index is 6.05. The molecule has 0 aromatic rings. The van der Waals surface area contributed by atoms with Crippen molar-refractivity contribution >= 4 is 0 Å². The summed E-state index contributed by atoms with van der Waals surface area (Å²) in [5, 5.41) is 3.73. The van der Waals surface area contributed by atoms with Crippen molar-refractivity contribution in [2.24, 2.45) is 5.92 Å². The van der Waals surface area contributed by atoms with Crippen LogP contribution in [-0.4, -0.2) is 24.3 Å². The standard InChI is InChI=1S/C16H31NO/c1-13(14-8-6-4-5-7-9-14)17-12-15-10-11-16(2,3)18-15/h13-15,17H,4-12H2,1-3H3/t13-,15?/m1/s1. The molecule has 106 valence electrons. The molecule has 0 spiro atoms.